The van der Waals surface area contributed by atoms with E-state index in [0.717, 1.165) is 25.2 Å². The third kappa shape index (κ3) is 1.93. The van der Waals surface area contributed by atoms with E-state index >= 15 is 0 Å². The van der Waals surface area contributed by atoms with Crippen molar-refractivity contribution in [3.05, 3.63) is 29.3 Å². The third-order valence-electron chi connectivity index (χ3n) is 4.25. The normalized spacial score (nSPS) is 23.9. The van der Waals surface area contributed by atoms with Gasteiger partial charge < -0.3 is 10.2 Å². The van der Waals surface area contributed by atoms with Crippen LogP contribution in [0.4, 0.5) is 5.69 Å². The molecule has 2 aliphatic heterocycles. The molecule has 3 nitrogen and oxygen atoms in total. The Balaban J connectivity index is 1.98. The average Bonchev–Trinajstić information content (AvgIpc) is 2.43. The number of piperidine rings is 1. The fraction of sp³-hybridized carbons (Fsp3) is 0.533. The molecule has 0 aliphatic carbocycles. The van der Waals surface area contributed by atoms with Crippen LogP contribution in [0, 0.1) is 0 Å². The Morgan fingerprint density at radius 2 is 2.22 bits per heavy atom. The molecule has 3 heteroatoms. The molecule has 0 bridgehead atoms. The lowest BCUT2D eigenvalue weighted by Crippen LogP contribution is -2.33. The Hall–Kier alpha value is -1.35. The molecule has 3 rings (SSSR count). The van der Waals surface area contributed by atoms with Crippen molar-refractivity contribution in [1.29, 1.82) is 0 Å². The second kappa shape index (κ2) is 4.73. The van der Waals surface area contributed by atoms with Crippen LogP contribution >= 0.6 is 0 Å². The Labute approximate surface area is 108 Å². The van der Waals surface area contributed by atoms with E-state index in [4.69, 9.17) is 0 Å². The number of amides is 1. The molecule has 0 saturated carbocycles. The van der Waals surface area contributed by atoms with Gasteiger partial charge in [-0.25, -0.2) is 0 Å². The second-order valence-electron chi connectivity index (χ2n) is 5.34. The second-order valence-corrected chi connectivity index (χ2v) is 5.34. The number of hydrogen-bond donors (Lipinski definition) is 1. The largest absolute Gasteiger partial charge is 0.316 e. The lowest BCUT2D eigenvalue weighted by atomic mass is 9.85. The molecule has 1 saturated heterocycles. The molecule has 1 amide bonds. The van der Waals surface area contributed by atoms with Gasteiger partial charge in [-0.15, -0.1) is 0 Å². The van der Waals surface area contributed by atoms with Crippen molar-refractivity contribution in [2.75, 3.05) is 25.0 Å². The van der Waals surface area contributed by atoms with Gasteiger partial charge in [-0.2, -0.15) is 0 Å². The maximum absolute atomic E-state index is 11.8. The van der Waals surface area contributed by atoms with E-state index in [0.29, 0.717) is 12.3 Å². The number of carbonyl (C=O) groups is 1. The molecule has 96 valence electrons. The monoisotopic (exact) mass is 244 g/mol. The highest BCUT2D eigenvalue weighted by Gasteiger charge is 2.26. The van der Waals surface area contributed by atoms with Crippen LogP contribution in [0.25, 0.3) is 0 Å². The summed E-state index contributed by atoms with van der Waals surface area (Å²) in [6.45, 7) is 2.22. The fourth-order valence-corrected chi connectivity index (χ4v) is 3.21. The van der Waals surface area contributed by atoms with Gasteiger partial charge in [0.15, 0.2) is 0 Å². The minimum Gasteiger partial charge on any atom is -0.316 e. The van der Waals surface area contributed by atoms with E-state index in [2.05, 4.69) is 23.5 Å². The first-order chi connectivity index (χ1) is 8.77. The maximum atomic E-state index is 11.8. The Bertz CT molecular complexity index is 464. The first kappa shape index (κ1) is 11.7. The number of hydrogen-bond acceptors (Lipinski definition) is 2. The summed E-state index contributed by atoms with van der Waals surface area (Å²) in [7, 11) is 1.89. The molecule has 2 heterocycles. The zero-order valence-corrected chi connectivity index (χ0v) is 10.9. The number of fused-ring (bicyclic) bond motifs is 1. The fourth-order valence-electron chi connectivity index (χ4n) is 3.21. The summed E-state index contributed by atoms with van der Waals surface area (Å²) in [5.74, 6) is 0.858. The molecule has 0 aromatic heterocycles. The quantitative estimate of drug-likeness (QED) is 0.820. The first-order valence-electron chi connectivity index (χ1n) is 6.86. The molecule has 1 aromatic rings. The molecule has 1 unspecified atom stereocenters. The SMILES string of the molecule is CN1C(=O)CCc2c(C3CCCNC3)cccc21. The van der Waals surface area contributed by atoms with Crippen LogP contribution in [0.2, 0.25) is 0 Å². The summed E-state index contributed by atoms with van der Waals surface area (Å²) in [4.78, 5) is 13.6. The molecular weight excluding hydrogens is 224 g/mol. The van der Waals surface area contributed by atoms with Crippen LogP contribution in [-0.4, -0.2) is 26.0 Å². The minimum absolute atomic E-state index is 0.237. The lowest BCUT2D eigenvalue weighted by Gasteiger charge is -2.31. The highest BCUT2D eigenvalue weighted by atomic mass is 16.2. The van der Waals surface area contributed by atoms with Crippen LogP contribution in [-0.2, 0) is 11.2 Å². The number of rotatable bonds is 1. The van der Waals surface area contributed by atoms with Crippen molar-refractivity contribution >= 4 is 11.6 Å². The summed E-state index contributed by atoms with van der Waals surface area (Å²) in [5, 5.41) is 3.48. The number of nitrogens with zero attached hydrogens (tertiary/aromatic N) is 1. The third-order valence-corrected chi connectivity index (χ3v) is 4.25. The van der Waals surface area contributed by atoms with E-state index in [1.165, 1.54) is 24.0 Å². The van der Waals surface area contributed by atoms with Gasteiger partial charge in [0.25, 0.3) is 0 Å². The number of carbonyl (C=O) groups excluding carboxylic acids is 1. The summed E-state index contributed by atoms with van der Waals surface area (Å²) < 4.78 is 0. The Morgan fingerprint density at radius 3 is 3.00 bits per heavy atom. The van der Waals surface area contributed by atoms with E-state index in [1.54, 1.807) is 0 Å². The molecule has 1 fully saturated rings. The van der Waals surface area contributed by atoms with Gasteiger partial charge in [0.1, 0.15) is 0 Å². The number of anilines is 1. The minimum atomic E-state index is 0.237. The average molecular weight is 244 g/mol. The Kier molecular flexibility index (Phi) is 3.08. The standard InChI is InChI=1S/C15H20N2O/c1-17-14-6-2-5-12(11-4-3-9-16-10-11)13(14)7-8-15(17)18/h2,5-6,11,16H,3-4,7-10H2,1H3. The summed E-state index contributed by atoms with van der Waals surface area (Å²) >= 11 is 0. The van der Waals surface area contributed by atoms with Crippen molar-refractivity contribution < 1.29 is 4.79 Å². The molecule has 18 heavy (non-hydrogen) atoms. The topological polar surface area (TPSA) is 32.3 Å². The lowest BCUT2D eigenvalue weighted by molar-refractivity contribution is -0.118. The van der Waals surface area contributed by atoms with Gasteiger partial charge in [0, 0.05) is 25.7 Å². The van der Waals surface area contributed by atoms with Crippen LogP contribution in [0.5, 0.6) is 0 Å². The van der Waals surface area contributed by atoms with Gasteiger partial charge in [0.2, 0.25) is 5.91 Å². The number of benzene rings is 1. The van der Waals surface area contributed by atoms with Crippen LogP contribution in [0.3, 0.4) is 0 Å². The van der Waals surface area contributed by atoms with Crippen molar-refractivity contribution in [2.24, 2.45) is 0 Å². The zero-order chi connectivity index (χ0) is 12.5. The highest BCUT2D eigenvalue weighted by molar-refractivity contribution is 5.96. The summed E-state index contributed by atoms with van der Waals surface area (Å²) in [6, 6.07) is 6.42. The van der Waals surface area contributed by atoms with Crippen LogP contribution < -0.4 is 10.2 Å². The molecule has 2 aliphatic rings. The van der Waals surface area contributed by atoms with Gasteiger partial charge >= 0.3 is 0 Å². The smallest absolute Gasteiger partial charge is 0.227 e. The Morgan fingerprint density at radius 1 is 1.33 bits per heavy atom. The molecule has 0 spiro atoms. The van der Waals surface area contributed by atoms with E-state index in [9.17, 15) is 4.79 Å². The van der Waals surface area contributed by atoms with E-state index in [-0.39, 0.29) is 5.91 Å². The van der Waals surface area contributed by atoms with Crippen molar-refractivity contribution in [3.8, 4) is 0 Å². The molecule has 1 N–H and O–H groups in total. The maximum Gasteiger partial charge on any atom is 0.227 e. The molecule has 1 atom stereocenters. The van der Waals surface area contributed by atoms with E-state index < -0.39 is 0 Å². The van der Waals surface area contributed by atoms with Crippen molar-refractivity contribution in [1.82, 2.24) is 5.32 Å². The first-order valence-corrected chi connectivity index (χ1v) is 6.86. The molecular formula is C15H20N2O. The highest BCUT2D eigenvalue weighted by Crippen LogP contribution is 2.35. The summed E-state index contributed by atoms with van der Waals surface area (Å²) in [6.07, 6.45) is 4.08. The summed E-state index contributed by atoms with van der Waals surface area (Å²) in [5.41, 5.74) is 3.97. The van der Waals surface area contributed by atoms with Gasteiger partial charge in [-0.3, -0.25) is 4.79 Å². The zero-order valence-electron chi connectivity index (χ0n) is 10.9. The number of nitrogens with one attached hydrogen (secondary N) is 1. The predicted molar refractivity (Wildman–Crippen MR) is 73.0 cm³/mol. The predicted octanol–water partition coefficient (Wildman–Crippen LogP) is 2.06. The van der Waals surface area contributed by atoms with Crippen molar-refractivity contribution in [2.45, 2.75) is 31.6 Å². The van der Waals surface area contributed by atoms with Crippen LogP contribution in [0.15, 0.2) is 18.2 Å². The van der Waals surface area contributed by atoms with Gasteiger partial charge in [0.05, 0.1) is 0 Å². The van der Waals surface area contributed by atoms with Crippen LogP contribution in [0.1, 0.15) is 36.3 Å². The molecule has 1 aromatic carbocycles. The van der Waals surface area contributed by atoms with E-state index in [1.807, 2.05) is 11.9 Å². The molecule has 0 radical (unpaired) electrons. The van der Waals surface area contributed by atoms with Gasteiger partial charge in [-0.05, 0) is 48.9 Å². The van der Waals surface area contributed by atoms with Crippen molar-refractivity contribution in [3.63, 3.8) is 0 Å². The van der Waals surface area contributed by atoms with Gasteiger partial charge in [-0.1, -0.05) is 12.1 Å².